The molecule has 2 rings (SSSR count). The molecule has 2 aromatic rings. The molecule has 0 fully saturated rings. The zero-order valence-corrected chi connectivity index (χ0v) is 24.0. The van der Waals surface area contributed by atoms with Crippen LogP contribution in [0.4, 0.5) is 0 Å². The van der Waals surface area contributed by atoms with Crippen LogP contribution < -0.4 is 23.7 Å². The Morgan fingerprint density at radius 2 is 0.905 bits per heavy atom. The summed E-state index contributed by atoms with van der Waals surface area (Å²) in [5.74, 6) is -4.26. The molecule has 10 nitrogen and oxygen atoms in total. The molecule has 0 N–H and O–H groups in total. The second kappa shape index (κ2) is 14.2. The molecule has 42 heavy (non-hydrogen) atoms. The van der Waals surface area contributed by atoms with Crippen molar-refractivity contribution in [3.63, 3.8) is 0 Å². The number of carbonyl (C=O) groups is 5. The van der Waals surface area contributed by atoms with Gasteiger partial charge in [0.2, 0.25) is 0 Å². The van der Waals surface area contributed by atoms with Crippen molar-refractivity contribution >= 4 is 35.4 Å². The number of allylic oxidation sites excluding steroid dienone is 1. The van der Waals surface area contributed by atoms with Crippen LogP contribution in [0.3, 0.4) is 0 Å². The van der Waals surface area contributed by atoms with Gasteiger partial charge < -0.3 is 23.7 Å². The van der Waals surface area contributed by atoms with E-state index >= 15 is 0 Å². The number of esters is 5. The van der Waals surface area contributed by atoms with E-state index in [1.54, 1.807) is 6.92 Å². The Labute approximate surface area is 243 Å². The topological polar surface area (TPSA) is 132 Å². The zero-order valence-electron chi connectivity index (χ0n) is 24.0. The van der Waals surface area contributed by atoms with E-state index in [-0.39, 0.29) is 51.0 Å². The first kappa shape index (κ1) is 32.7. The Morgan fingerprint density at radius 3 is 1.33 bits per heavy atom. The minimum Gasteiger partial charge on any atom is -0.423 e. The van der Waals surface area contributed by atoms with Gasteiger partial charge in [-0.05, 0) is 70.0 Å². The number of rotatable bonds is 11. The summed E-state index contributed by atoms with van der Waals surface area (Å²) in [5.41, 5.74) is 1.28. The molecule has 0 aliphatic heterocycles. The van der Waals surface area contributed by atoms with E-state index in [2.05, 4.69) is 26.3 Å². The molecule has 2 aromatic carbocycles. The summed E-state index contributed by atoms with van der Waals surface area (Å²) in [6.45, 7) is 21.5. The van der Waals surface area contributed by atoms with Crippen LogP contribution >= 0.6 is 0 Å². The molecule has 10 heteroatoms. The summed E-state index contributed by atoms with van der Waals surface area (Å²) in [7, 11) is 0. The van der Waals surface area contributed by atoms with Crippen LogP contribution in [0, 0.1) is 0 Å². The average molecular weight is 575 g/mol. The van der Waals surface area contributed by atoms with Crippen molar-refractivity contribution in [2.24, 2.45) is 0 Å². The normalized spacial score (nSPS) is 10.5. The third-order valence-corrected chi connectivity index (χ3v) is 5.07. The van der Waals surface area contributed by atoms with Crippen LogP contribution in [0.5, 0.6) is 28.7 Å². The number of hydrogen-bond acceptors (Lipinski definition) is 10. The maximum absolute atomic E-state index is 12.7. The van der Waals surface area contributed by atoms with Gasteiger partial charge in [0.15, 0.2) is 23.0 Å². The first-order valence-electron chi connectivity index (χ1n) is 12.3. The molecule has 0 amide bonds. The van der Waals surface area contributed by atoms with Gasteiger partial charge in [-0.15, -0.1) is 0 Å². The average Bonchev–Trinajstić information content (AvgIpc) is 2.90. The summed E-state index contributed by atoms with van der Waals surface area (Å²) in [5, 5.41) is 0. The highest BCUT2D eigenvalue weighted by atomic mass is 16.6. The molecular weight excluding hydrogens is 544 g/mol. The molecule has 0 saturated carbocycles. The van der Waals surface area contributed by atoms with Crippen LogP contribution in [-0.2, 0) is 24.0 Å². The van der Waals surface area contributed by atoms with Crippen LogP contribution in [0.1, 0.15) is 40.2 Å². The SMILES string of the molecule is C=C(C)C(=O)Oc1ccc(OC(=O)/C=C(\C)c2ccc(OC(=O)C(=C)C)c(OC(=O)C(=C)C)c2)cc1OC(=O)C(=C)C. The van der Waals surface area contributed by atoms with E-state index < -0.39 is 29.8 Å². The van der Waals surface area contributed by atoms with E-state index in [0.717, 1.165) is 6.08 Å². The first-order chi connectivity index (χ1) is 19.6. The molecule has 0 bridgehead atoms. The lowest BCUT2D eigenvalue weighted by Crippen LogP contribution is -2.13. The molecule has 0 heterocycles. The monoisotopic (exact) mass is 574 g/mol. The highest BCUT2D eigenvalue weighted by Crippen LogP contribution is 2.34. The molecule has 218 valence electrons. The van der Waals surface area contributed by atoms with Gasteiger partial charge >= 0.3 is 29.8 Å². The predicted octanol–water partition coefficient (Wildman–Crippen LogP) is 5.62. The smallest absolute Gasteiger partial charge is 0.338 e. The summed E-state index contributed by atoms with van der Waals surface area (Å²) in [6.07, 6.45) is 1.16. The Bertz CT molecular complexity index is 1550. The molecule has 0 aliphatic carbocycles. The molecule has 0 radical (unpaired) electrons. The zero-order chi connectivity index (χ0) is 31.7. The summed E-state index contributed by atoms with van der Waals surface area (Å²) < 4.78 is 26.4. The van der Waals surface area contributed by atoms with Gasteiger partial charge in [0, 0.05) is 34.4 Å². The van der Waals surface area contributed by atoms with Crippen molar-refractivity contribution in [1.82, 2.24) is 0 Å². The molecule has 0 aliphatic rings. The highest BCUT2D eigenvalue weighted by molar-refractivity contribution is 5.94. The van der Waals surface area contributed by atoms with Crippen molar-refractivity contribution < 1.29 is 47.7 Å². The number of ether oxygens (including phenoxy) is 5. The second-order valence-corrected chi connectivity index (χ2v) is 9.20. The van der Waals surface area contributed by atoms with Gasteiger partial charge in [-0.1, -0.05) is 32.4 Å². The number of carbonyl (C=O) groups excluding carboxylic acids is 5. The van der Waals surface area contributed by atoms with E-state index in [0.29, 0.717) is 11.1 Å². The molecule has 0 atom stereocenters. The fourth-order valence-corrected chi connectivity index (χ4v) is 2.79. The predicted molar refractivity (Wildman–Crippen MR) is 154 cm³/mol. The maximum Gasteiger partial charge on any atom is 0.338 e. The number of hydrogen-bond donors (Lipinski definition) is 0. The lowest BCUT2D eigenvalue weighted by molar-refractivity contribution is -0.132. The molecule has 0 saturated heterocycles. The van der Waals surface area contributed by atoms with Crippen LogP contribution in [0.15, 0.2) is 91.1 Å². The Hall–Kier alpha value is -5.51. The molecule has 0 aromatic heterocycles. The van der Waals surface area contributed by atoms with Gasteiger partial charge in [-0.2, -0.15) is 0 Å². The van der Waals surface area contributed by atoms with Crippen molar-refractivity contribution in [3.05, 3.63) is 96.6 Å². The van der Waals surface area contributed by atoms with Crippen molar-refractivity contribution in [1.29, 1.82) is 0 Å². The fourth-order valence-electron chi connectivity index (χ4n) is 2.79. The fraction of sp³-hybridized carbons (Fsp3) is 0.156. The van der Waals surface area contributed by atoms with Gasteiger partial charge in [0.1, 0.15) is 5.75 Å². The van der Waals surface area contributed by atoms with Crippen LogP contribution in [0.2, 0.25) is 0 Å². The first-order valence-corrected chi connectivity index (χ1v) is 12.3. The van der Waals surface area contributed by atoms with Crippen molar-refractivity contribution in [2.75, 3.05) is 0 Å². The van der Waals surface area contributed by atoms with Gasteiger partial charge in [-0.3, -0.25) is 0 Å². The van der Waals surface area contributed by atoms with E-state index in [9.17, 15) is 24.0 Å². The standard InChI is InChI=1S/C32H30O10/c1-17(2)29(34)39-24-12-10-22(15-26(24)41-31(36)19(5)6)21(9)14-28(33)38-23-11-13-25(40-30(35)18(3)4)27(16-23)42-32(37)20(7)8/h10-16H,1,3,5,7H2,2,4,6,8-9H3/b21-14+. The summed E-state index contributed by atoms with van der Waals surface area (Å²) in [6, 6.07) is 8.16. The largest absolute Gasteiger partial charge is 0.423 e. The minimum absolute atomic E-state index is 0.0261. The van der Waals surface area contributed by atoms with E-state index in [1.807, 2.05) is 0 Å². The Kier molecular flexibility index (Phi) is 11.1. The summed E-state index contributed by atoms with van der Waals surface area (Å²) in [4.78, 5) is 61.0. The van der Waals surface area contributed by atoms with Gasteiger partial charge in [0.05, 0.1) is 0 Å². The van der Waals surface area contributed by atoms with Crippen LogP contribution in [-0.4, -0.2) is 29.8 Å². The second-order valence-electron chi connectivity index (χ2n) is 9.20. The molecule has 0 unspecified atom stereocenters. The lowest BCUT2D eigenvalue weighted by atomic mass is 10.1. The Morgan fingerprint density at radius 1 is 0.524 bits per heavy atom. The molecular formula is C32H30O10. The van der Waals surface area contributed by atoms with Gasteiger partial charge in [0.25, 0.3) is 0 Å². The van der Waals surface area contributed by atoms with E-state index in [1.165, 1.54) is 64.1 Å². The third-order valence-electron chi connectivity index (χ3n) is 5.07. The number of benzene rings is 2. The van der Waals surface area contributed by atoms with Gasteiger partial charge in [-0.25, -0.2) is 24.0 Å². The Balaban J connectivity index is 2.36. The lowest BCUT2D eigenvalue weighted by Gasteiger charge is -2.13. The third kappa shape index (κ3) is 9.30. The van der Waals surface area contributed by atoms with Crippen LogP contribution in [0.25, 0.3) is 5.57 Å². The van der Waals surface area contributed by atoms with E-state index in [4.69, 9.17) is 23.7 Å². The minimum atomic E-state index is -0.811. The highest BCUT2D eigenvalue weighted by Gasteiger charge is 2.19. The maximum atomic E-state index is 12.7. The quantitative estimate of drug-likeness (QED) is 0.189. The molecule has 0 spiro atoms. The summed E-state index contributed by atoms with van der Waals surface area (Å²) >= 11 is 0. The van der Waals surface area contributed by atoms with Crippen molar-refractivity contribution in [3.8, 4) is 28.7 Å². The van der Waals surface area contributed by atoms with Crippen molar-refractivity contribution in [2.45, 2.75) is 34.6 Å².